The van der Waals surface area contributed by atoms with E-state index in [9.17, 15) is 19.4 Å². The van der Waals surface area contributed by atoms with Crippen molar-refractivity contribution in [3.8, 4) is 0 Å². The van der Waals surface area contributed by atoms with Crippen LogP contribution in [-0.4, -0.2) is 27.1 Å². The predicted molar refractivity (Wildman–Crippen MR) is 121 cm³/mol. The maximum Gasteiger partial charge on any atom is 0.191 e. The average molecular weight is 436 g/mol. The summed E-state index contributed by atoms with van der Waals surface area (Å²) in [4.78, 5) is 17.3. The minimum Gasteiger partial charge on any atom is -0.515 e. The number of aliphatic hydroxyl groups excluding tert-OH is 2. The lowest BCUT2D eigenvalue weighted by Gasteiger charge is -2.20. The second-order valence-corrected chi connectivity index (χ2v) is 8.44. The van der Waals surface area contributed by atoms with Crippen LogP contribution in [0.5, 0.6) is 0 Å². The van der Waals surface area contributed by atoms with Crippen molar-refractivity contribution >= 4 is 28.0 Å². The fourth-order valence-electron chi connectivity index (χ4n) is 3.92. The standard InChI is InChI=1S/C25H22FNO3S/c1-15-18-13-17(26)9-10-20(18)27-24(15)23(22-8-5-11-31-22)19(14-28)25(30)21(29)12-16-6-3-2-4-7-16/h2-11,13-14,21,23,27-29H,12H2,1H3. The third-order valence-electron chi connectivity index (χ3n) is 5.48. The number of aromatic nitrogens is 1. The summed E-state index contributed by atoms with van der Waals surface area (Å²) in [6, 6.07) is 17.5. The van der Waals surface area contributed by atoms with E-state index in [2.05, 4.69) is 4.98 Å². The summed E-state index contributed by atoms with van der Waals surface area (Å²) in [5.41, 5.74) is 3.12. The van der Waals surface area contributed by atoms with Crippen LogP contribution in [0.15, 0.2) is 77.9 Å². The highest BCUT2D eigenvalue weighted by molar-refractivity contribution is 7.10. The summed E-state index contributed by atoms with van der Waals surface area (Å²) in [7, 11) is 0. The molecule has 4 rings (SSSR count). The van der Waals surface area contributed by atoms with Gasteiger partial charge in [-0.05, 0) is 47.7 Å². The van der Waals surface area contributed by atoms with E-state index in [-0.39, 0.29) is 17.8 Å². The van der Waals surface area contributed by atoms with Crippen LogP contribution in [0.4, 0.5) is 4.39 Å². The molecule has 2 heterocycles. The Bertz CT molecular complexity index is 1230. The Morgan fingerprint density at radius 2 is 1.94 bits per heavy atom. The molecular weight excluding hydrogens is 413 g/mol. The van der Waals surface area contributed by atoms with Crippen molar-refractivity contribution in [2.75, 3.05) is 0 Å². The van der Waals surface area contributed by atoms with E-state index < -0.39 is 17.8 Å². The number of carbonyl (C=O) groups is 1. The molecule has 4 nitrogen and oxygen atoms in total. The van der Waals surface area contributed by atoms with E-state index in [1.54, 1.807) is 6.07 Å². The molecule has 0 bridgehead atoms. The summed E-state index contributed by atoms with van der Waals surface area (Å²) in [6.45, 7) is 1.86. The first kappa shape index (κ1) is 21.0. The molecule has 0 aliphatic heterocycles. The summed E-state index contributed by atoms with van der Waals surface area (Å²) >= 11 is 1.44. The van der Waals surface area contributed by atoms with Gasteiger partial charge in [0.2, 0.25) is 0 Å². The molecule has 3 N–H and O–H groups in total. The van der Waals surface area contributed by atoms with Gasteiger partial charge in [-0.15, -0.1) is 11.3 Å². The van der Waals surface area contributed by atoms with E-state index in [0.29, 0.717) is 11.1 Å². The molecule has 0 aliphatic carbocycles. The number of aliphatic hydroxyl groups is 2. The number of aryl methyl sites for hydroxylation is 1. The van der Waals surface area contributed by atoms with Gasteiger partial charge in [0.05, 0.1) is 12.2 Å². The summed E-state index contributed by atoms with van der Waals surface area (Å²) < 4.78 is 13.8. The van der Waals surface area contributed by atoms with Gasteiger partial charge in [-0.2, -0.15) is 0 Å². The van der Waals surface area contributed by atoms with Gasteiger partial charge in [-0.1, -0.05) is 36.4 Å². The lowest BCUT2D eigenvalue weighted by molar-refractivity contribution is -0.123. The second-order valence-electron chi connectivity index (χ2n) is 7.46. The van der Waals surface area contributed by atoms with Crippen LogP contribution in [0, 0.1) is 12.7 Å². The molecule has 2 atom stereocenters. The van der Waals surface area contributed by atoms with Gasteiger partial charge in [0.15, 0.2) is 5.78 Å². The third-order valence-corrected chi connectivity index (χ3v) is 6.42. The minimum atomic E-state index is -1.30. The second kappa shape index (κ2) is 8.88. The number of aromatic amines is 1. The molecular formula is C25H22FNO3S. The molecule has 2 unspecified atom stereocenters. The monoisotopic (exact) mass is 435 g/mol. The average Bonchev–Trinajstić information content (AvgIpc) is 3.41. The van der Waals surface area contributed by atoms with Crippen molar-refractivity contribution in [3.63, 3.8) is 0 Å². The van der Waals surface area contributed by atoms with E-state index in [1.165, 1.54) is 23.5 Å². The van der Waals surface area contributed by atoms with Gasteiger partial charge in [-0.3, -0.25) is 4.79 Å². The number of hydrogen-bond acceptors (Lipinski definition) is 4. The topological polar surface area (TPSA) is 73.3 Å². The molecule has 6 heteroatoms. The normalized spacial score (nSPS) is 14.0. The van der Waals surface area contributed by atoms with E-state index in [1.807, 2.05) is 54.8 Å². The smallest absolute Gasteiger partial charge is 0.191 e. The number of hydrogen-bond donors (Lipinski definition) is 3. The molecule has 2 aromatic heterocycles. The Kier molecular flexibility index (Phi) is 6.02. The Balaban J connectivity index is 1.75. The van der Waals surface area contributed by atoms with E-state index >= 15 is 0 Å². The fourth-order valence-corrected chi connectivity index (χ4v) is 4.77. The summed E-state index contributed by atoms with van der Waals surface area (Å²) in [5, 5.41) is 23.3. The maximum absolute atomic E-state index is 13.8. The number of fused-ring (bicyclic) bond motifs is 1. The van der Waals surface area contributed by atoms with Crippen molar-refractivity contribution in [2.24, 2.45) is 0 Å². The number of H-pyrrole nitrogens is 1. The minimum absolute atomic E-state index is 0.0843. The Hall–Kier alpha value is -3.22. The highest BCUT2D eigenvalue weighted by atomic mass is 32.1. The van der Waals surface area contributed by atoms with Gasteiger partial charge in [0, 0.05) is 33.5 Å². The van der Waals surface area contributed by atoms with E-state index in [0.717, 1.165) is 27.8 Å². The number of ketones is 1. The maximum atomic E-state index is 13.8. The van der Waals surface area contributed by atoms with Crippen molar-refractivity contribution < 1.29 is 19.4 Å². The molecule has 0 aliphatic rings. The summed E-state index contributed by atoms with van der Waals surface area (Å²) in [6.07, 6.45) is -0.372. The van der Waals surface area contributed by atoms with E-state index in [4.69, 9.17) is 0 Å². The highest BCUT2D eigenvalue weighted by Crippen LogP contribution is 2.39. The number of thiophene rings is 1. The van der Waals surface area contributed by atoms with Crippen LogP contribution in [0.25, 0.3) is 10.9 Å². The molecule has 0 fully saturated rings. The Morgan fingerprint density at radius 3 is 2.61 bits per heavy atom. The zero-order valence-corrected chi connectivity index (χ0v) is 17.7. The molecule has 0 saturated carbocycles. The number of benzene rings is 2. The molecule has 0 spiro atoms. The van der Waals surface area contributed by atoms with Crippen molar-refractivity contribution in [1.82, 2.24) is 4.98 Å². The van der Waals surface area contributed by atoms with Gasteiger partial charge >= 0.3 is 0 Å². The molecule has 0 amide bonds. The zero-order chi connectivity index (χ0) is 22.0. The third kappa shape index (κ3) is 4.17. The van der Waals surface area contributed by atoms with Crippen molar-refractivity contribution in [1.29, 1.82) is 0 Å². The largest absolute Gasteiger partial charge is 0.515 e. The molecule has 31 heavy (non-hydrogen) atoms. The first-order valence-corrected chi connectivity index (χ1v) is 10.8. The van der Waals surface area contributed by atoms with Crippen LogP contribution in [0.2, 0.25) is 0 Å². The van der Waals surface area contributed by atoms with Crippen LogP contribution >= 0.6 is 11.3 Å². The number of rotatable bonds is 7. The SMILES string of the molecule is Cc1c(C(C(=CO)C(=O)C(O)Cc2ccccc2)c2cccs2)[nH]c2ccc(F)cc12. The summed E-state index contributed by atoms with van der Waals surface area (Å²) in [5.74, 6) is -1.51. The Labute approximate surface area is 183 Å². The lowest BCUT2D eigenvalue weighted by atomic mass is 9.86. The molecule has 158 valence electrons. The van der Waals surface area contributed by atoms with Gasteiger partial charge in [0.1, 0.15) is 11.9 Å². The number of halogens is 1. The van der Waals surface area contributed by atoms with Crippen LogP contribution in [0.1, 0.15) is 27.6 Å². The highest BCUT2D eigenvalue weighted by Gasteiger charge is 2.32. The molecule has 0 saturated heterocycles. The lowest BCUT2D eigenvalue weighted by Crippen LogP contribution is -2.28. The molecule has 0 radical (unpaired) electrons. The van der Waals surface area contributed by atoms with Crippen molar-refractivity contribution in [2.45, 2.75) is 25.4 Å². The Morgan fingerprint density at radius 1 is 1.16 bits per heavy atom. The van der Waals surface area contributed by atoms with Crippen LogP contribution in [0.3, 0.4) is 0 Å². The van der Waals surface area contributed by atoms with Gasteiger partial charge in [-0.25, -0.2) is 4.39 Å². The molecule has 2 aromatic carbocycles. The van der Waals surface area contributed by atoms with Crippen LogP contribution < -0.4 is 0 Å². The predicted octanol–water partition coefficient (Wildman–Crippen LogP) is 5.42. The first-order chi connectivity index (χ1) is 15.0. The fraction of sp³-hybridized carbons (Fsp3) is 0.160. The quantitative estimate of drug-likeness (QED) is 0.268. The van der Waals surface area contributed by atoms with Crippen LogP contribution in [-0.2, 0) is 11.2 Å². The van der Waals surface area contributed by atoms with Gasteiger partial charge in [0.25, 0.3) is 0 Å². The van der Waals surface area contributed by atoms with Crippen molar-refractivity contribution in [3.05, 3.63) is 105 Å². The number of nitrogens with one attached hydrogen (secondary N) is 1. The van der Waals surface area contributed by atoms with Gasteiger partial charge < -0.3 is 15.2 Å². The number of Topliss-reactive ketones (excluding diaryl/α,β-unsaturated/α-hetero) is 1. The number of carbonyl (C=O) groups excluding carboxylic acids is 1. The molecule has 4 aromatic rings. The zero-order valence-electron chi connectivity index (χ0n) is 16.9. The first-order valence-electron chi connectivity index (χ1n) is 9.91.